The number of fused-ring (bicyclic) bond motifs is 1. The van der Waals surface area contributed by atoms with Crippen LogP contribution in [-0.4, -0.2) is 16.6 Å². The molecule has 7 heteroatoms. The Balaban J connectivity index is 1.62. The molecule has 1 N–H and O–H groups in total. The Bertz CT molecular complexity index is 837. The van der Waals surface area contributed by atoms with Gasteiger partial charge in [-0.2, -0.15) is 0 Å². The van der Waals surface area contributed by atoms with Gasteiger partial charge < -0.3 is 9.73 Å². The summed E-state index contributed by atoms with van der Waals surface area (Å²) in [6, 6.07) is 12.6. The fourth-order valence-corrected chi connectivity index (χ4v) is 3.04. The highest BCUT2D eigenvalue weighted by molar-refractivity contribution is 9.10. The molecule has 0 bridgehead atoms. The molecule has 3 aromatic rings. The van der Waals surface area contributed by atoms with Crippen LogP contribution in [0.4, 0.5) is 5.69 Å². The SMILES string of the molecule is O=C(CSc1nc2cc(Cl)ccc2o1)Nc1cccc(Br)c1. The lowest BCUT2D eigenvalue weighted by Gasteiger charge is -2.04. The summed E-state index contributed by atoms with van der Waals surface area (Å²) < 4.78 is 6.46. The van der Waals surface area contributed by atoms with E-state index in [9.17, 15) is 4.79 Å². The molecule has 112 valence electrons. The van der Waals surface area contributed by atoms with Crippen LogP contribution in [0.3, 0.4) is 0 Å². The number of amides is 1. The highest BCUT2D eigenvalue weighted by Crippen LogP contribution is 2.25. The maximum atomic E-state index is 11.9. The number of carbonyl (C=O) groups excluding carboxylic acids is 1. The molecule has 3 rings (SSSR count). The van der Waals surface area contributed by atoms with E-state index < -0.39 is 0 Å². The van der Waals surface area contributed by atoms with E-state index in [1.807, 2.05) is 24.3 Å². The lowest BCUT2D eigenvalue weighted by Crippen LogP contribution is -2.13. The quantitative estimate of drug-likeness (QED) is 0.631. The molecule has 2 aromatic carbocycles. The fourth-order valence-electron chi connectivity index (χ4n) is 1.83. The number of thioether (sulfide) groups is 1. The second kappa shape index (κ2) is 6.73. The van der Waals surface area contributed by atoms with E-state index in [0.29, 0.717) is 21.3 Å². The van der Waals surface area contributed by atoms with Crippen LogP contribution in [-0.2, 0) is 4.79 Å². The number of hydrogen-bond donors (Lipinski definition) is 1. The maximum absolute atomic E-state index is 11.9. The van der Waals surface area contributed by atoms with Crippen LogP contribution in [0.1, 0.15) is 0 Å². The Kier molecular flexibility index (Phi) is 4.71. The molecule has 0 atom stereocenters. The van der Waals surface area contributed by atoms with Gasteiger partial charge in [0, 0.05) is 15.2 Å². The van der Waals surface area contributed by atoms with Gasteiger partial charge in [0.2, 0.25) is 5.91 Å². The summed E-state index contributed by atoms with van der Waals surface area (Å²) in [7, 11) is 0. The topological polar surface area (TPSA) is 55.1 Å². The molecule has 4 nitrogen and oxygen atoms in total. The van der Waals surface area contributed by atoms with E-state index in [2.05, 4.69) is 26.2 Å². The smallest absolute Gasteiger partial charge is 0.257 e. The van der Waals surface area contributed by atoms with Gasteiger partial charge in [0.25, 0.3) is 5.22 Å². The van der Waals surface area contributed by atoms with Crippen LogP contribution < -0.4 is 5.32 Å². The average molecular weight is 398 g/mol. The van der Waals surface area contributed by atoms with Crippen molar-refractivity contribution in [2.75, 3.05) is 11.1 Å². The molecule has 1 heterocycles. The molecule has 0 radical (unpaired) electrons. The van der Waals surface area contributed by atoms with E-state index >= 15 is 0 Å². The van der Waals surface area contributed by atoms with Crippen LogP contribution in [0.15, 0.2) is 56.6 Å². The van der Waals surface area contributed by atoms with Crippen molar-refractivity contribution in [3.05, 3.63) is 52.0 Å². The zero-order valence-corrected chi connectivity index (χ0v) is 14.3. The molecular weight excluding hydrogens is 388 g/mol. The van der Waals surface area contributed by atoms with Gasteiger partial charge in [0.15, 0.2) is 5.58 Å². The molecule has 0 fully saturated rings. The number of benzene rings is 2. The normalized spacial score (nSPS) is 10.8. The van der Waals surface area contributed by atoms with Crippen LogP contribution in [0, 0.1) is 0 Å². The van der Waals surface area contributed by atoms with Crippen molar-refractivity contribution in [3.63, 3.8) is 0 Å². The minimum absolute atomic E-state index is 0.122. The first-order chi connectivity index (χ1) is 10.6. The third kappa shape index (κ3) is 3.82. The standard InChI is InChI=1S/C15H10BrClN2O2S/c16-9-2-1-3-11(6-9)18-14(20)8-22-15-19-12-7-10(17)4-5-13(12)21-15/h1-7H,8H2,(H,18,20). The van der Waals surface area contributed by atoms with Gasteiger partial charge >= 0.3 is 0 Å². The summed E-state index contributed by atoms with van der Waals surface area (Å²) in [5.74, 6) is 0.0935. The first-order valence-corrected chi connectivity index (χ1v) is 8.50. The van der Waals surface area contributed by atoms with Crippen molar-refractivity contribution in [2.24, 2.45) is 0 Å². The number of nitrogens with one attached hydrogen (secondary N) is 1. The van der Waals surface area contributed by atoms with Crippen LogP contribution in [0.2, 0.25) is 5.02 Å². The number of carbonyl (C=O) groups is 1. The molecule has 22 heavy (non-hydrogen) atoms. The highest BCUT2D eigenvalue weighted by atomic mass is 79.9. The lowest BCUT2D eigenvalue weighted by molar-refractivity contribution is -0.113. The number of halogens is 2. The van der Waals surface area contributed by atoms with Crippen molar-refractivity contribution < 1.29 is 9.21 Å². The first-order valence-electron chi connectivity index (χ1n) is 6.34. The average Bonchev–Trinajstić information content (AvgIpc) is 2.87. The molecule has 0 unspecified atom stereocenters. The number of hydrogen-bond acceptors (Lipinski definition) is 4. The first kappa shape index (κ1) is 15.4. The van der Waals surface area contributed by atoms with E-state index in [4.69, 9.17) is 16.0 Å². The monoisotopic (exact) mass is 396 g/mol. The summed E-state index contributed by atoms with van der Waals surface area (Å²) in [5, 5.41) is 3.86. The van der Waals surface area contributed by atoms with Gasteiger partial charge in [-0.3, -0.25) is 4.79 Å². The Morgan fingerprint density at radius 2 is 2.18 bits per heavy atom. The number of nitrogens with zero attached hydrogens (tertiary/aromatic N) is 1. The van der Waals surface area contributed by atoms with Gasteiger partial charge in [-0.05, 0) is 36.4 Å². The molecule has 0 aliphatic heterocycles. The fraction of sp³-hybridized carbons (Fsp3) is 0.0667. The number of rotatable bonds is 4. The maximum Gasteiger partial charge on any atom is 0.257 e. The zero-order chi connectivity index (χ0) is 15.5. The van der Waals surface area contributed by atoms with Crippen molar-refractivity contribution in [2.45, 2.75) is 5.22 Å². The van der Waals surface area contributed by atoms with Crippen molar-refractivity contribution in [3.8, 4) is 0 Å². The second-order valence-corrected chi connectivity index (χ2v) is 6.72. The number of oxazole rings is 1. The summed E-state index contributed by atoms with van der Waals surface area (Å²) in [4.78, 5) is 16.2. The molecule has 0 aliphatic carbocycles. The second-order valence-electron chi connectivity index (χ2n) is 4.44. The Labute approximate surface area is 144 Å². The molecule has 0 saturated heterocycles. The van der Waals surface area contributed by atoms with Crippen molar-refractivity contribution >= 4 is 62.0 Å². The lowest BCUT2D eigenvalue weighted by atomic mass is 10.3. The van der Waals surface area contributed by atoms with Gasteiger partial charge in [0.1, 0.15) is 5.52 Å². The molecule has 1 aromatic heterocycles. The predicted molar refractivity (Wildman–Crippen MR) is 92.5 cm³/mol. The van der Waals surface area contributed by atoms with Crippen molar-refractivity contribution in [1.82, 2.24) is 4.98 Å². The molecule has 0 aliphatic rings. The third-order valence-corrected chi connectivity index (χ3v) is 4.32. The Hall–Kier alpha value is -1.50. The van der Waals surface area contributed by atoms with Gasteiger partial charge in [-0.1, -0.05) is 45.4 Å². The minimum atomic E-state index is -0.122. The van der Waals surface area contributed by atoms with Gasteiger partial charge in [-0.25, -0.2) is 4.98 Å². The van der Waals surface area contributed by atoms with Crippen LogP contribution >= 0.6 is 39.3 Å². The molecule has 0 spiro atoms. The van der Waals surface area contributed by atoms with E-state index in [1.165, 1.54) is 11.8 Å². The number of aromatic nitrogens is 1. The van der Waals surface area contributed by atoms with Crippen LogP contribution in [0.5, 0.6) is 0 Å². The highest BCUT2D eigenvalue weighted by Gasteiger charge is 2.10. The summed E-state index contributed by atoms with van der Waals surface area (Å²) in [5.41, 5.74) is 2.08. The van der Waals surface area contributed by atoms with Gasteiger partial charge in [-0.15, -0.1) is 0 Å². The van der Waals surface area contributed by atoms with Crippen molar-refractivity contribution in [1.29, 1.82) is 0 Å². The summed E-state index contributed by atoms with van der Waals surface area (Å²) in [6.07, 6.45) is 0. The van der Waals surface area contributed by atoms with E-state index in [-0.39, 0.29) is 11.7 Å². The molecule has 1 amide bonds. The summed E-state index contributed by atoms with van der Waals surface area (Å²) >= 11 is 10.5. The molecule has 0 saturated carbocycles. The summed E-state index contributed by atoms with van der Waals surface area (Å²) in [6.45, 7) is 0. The Morgan fingerprint density at radius 3 is 3.00 bits per heavy atom. The number of anilines is 1. The molecular formula is C15H10BrClN2O2S. The largest absolute Gasteiger partial charge is 0.431 e. The third-order valence-electron chi connectivity index (χ3n) is 2.77. The van der Waals surface area contributed by atoms with Crippen LogP contribution in [0.25, 0.3) is 11.1 Å². The predicted octanol–water partition coefficient (Wildman–Crippen LogP) is 4.97. The Morgan fingerprint density at radius 1 is 1.32 bits per heavy atom. The van der Waals surface area contributed by atoms with E-state index in [0.717, 1.165) is 10.2 Å². The van der Waals surface area contributed by atoms with E-state index in [1.54, 1.807) is 18.2 Å². The van der Waals surface area contributed by atoms with Gasteiger partial charge in [0.05, 0.1) is 5.75 Å². The minimum Gasteiger partial charge on any atom is -0.431 e. The zero-order valence-electron chi connectivity index (χ0n) is 11.2.